The Hall–Kier alpha value is -1.24. The number of anilines is 1. The van der Waals surface area contributed by atoms with Crippen molar-refractivity contribution in [3.63, 3.8) is 0 Å². The van der Waals surface area contributed by atoms with Crippen LogP contribution in [0.5, 0.6) is 0 Å². The van der Waals surface area contributed by atoms with Gasteiger partial charge in [-0.25, -0.2) is 9.97 Å². The summed E-state index contributed by atoms with van der Waals surface area (Å²) < 4.78 is 5.13. The van der Waals surface area contributed by atoms with Crippen LogP contribution in [0, 0.1) is 0 Å². The summed E-state index contributed by atoms with van der Waals surface area (Å²) in [6.45, 7) is 11.6. The number of rotatable bonds is 12. The van der Waals surface area contributed by atoms with Crippen molar-refractivity contribution in [3.05, 3.63) is 18.0 Å². The molecule has 6 nitrogen and oxygen atoms in total. The standard InChI is InChI=1S/C27H47N5O/c1-22(2)31-20-25-10-11-26(21-31)32(25)27-28-18-24(19-29-27)23-12-15-30(16-13-23)14-8-6-4-5-7-9-17-33-3/h18-19,22-23,25-26H,4-17,20-21H2,1-3H3. The molecule has 3 saturated heterocycles. The average Bonchev–Trinajstić information content (AvgIpc) is 3.10. The van der Waals surface area contributed by atoms with Crippen LogP contribution >= 0.6 is 0 Å². The summed E-state index contributed by atoms with van der Waals surface area (Å²) in [6.07, 6.45) is 17.3. The molecule has 2 bridgehead atoms. The SMILES string of the molecule is COCCCCCCCCN1CCC(c2cnc(N3C4CCC3CN(C(C)C)C4)nc2)CC1. The molecule has 2 atom stereocenters. The number of nitrogens with zero attached hydrogens (tertiary/aromatic N) is 5. The zero-order valence-electron chi connectivity index (χ0n) is 21.4. The van der Waals surface area contributed by atoms with Gasteiger partial charge in [0.15, 0.2) is 0 Å². The van der Waals surface area contributed by atoms with Gasteiger partial charge in [-0.1, -0.05) is 25.7 Å². The van der Waals surface area contributed by atoms with E-state index >= 15 is 0 Å². The third kappa shape index (κ3) is 6.67. The highest BCUT2D eigenvalue weighted by Crippen LogP contribution is 2.34. The average molecular weight is 458 g/mol. The van der Waals surface area contributed by atoms with E-state index in [-0.39, 0.29) is 0 Å². The molecule has 2 unspecified atom stereocenters. The van der Waals surface area contributed by atoms with E-state index in [2.05, 4.69) is 40.9 Å². The Labute approximate surface area is 202 Å². The van der Waals surface area contributed by atoms with Crippen LogP contribution in [0.25, 0.3) is 0 Å². The number of aromatic nitrogens is 2. The van der Waals surface area contributed by atoms with Crippen LogP contribution in [0.4, 0.5) is 5.95 Å². The van der Waals surface area contributed by atoms with E-state index in [9.17, 15) is 0 Å². The number of hydrogen-bond acceptors (Lipinski definition) is 6. The van der Waals surface area contributed by atoms with Crippen LogP contribution in [0.1, 0.15) is 89.5 Å². The van der Waals surface area contributed by atoms with Gasteiger partial charge in [0, 0.05) is 57.3 Å². The zero-order valence-corrected chi connectivity index (χ0v) is 21.4. The molecule has 0 aromatic carbocycles. The fourth-order valence-electron chi connectivity index (χ4n) is 6.14. The molecule has 0 radical (unpaired) electrons. The highest BCUT2D eigenvalue weighted by Gasteiger charge is 2.41. The van der Waals surface area contributed by atoms with Gasteiger partial charge in [-0.05, 0) is 83.5 Å². The second-order valence-corrected chi connectivity index (χ2v) is 10.9. The van der Waals surface area contributed by atoms with Crippen LogP contribution in [-0.4, -0.2) is 84.3 Å². The summed E-state index contributed by atoms with van der Waals surface area (Å²) in [4.78, 5) is 17.6. The summed E-state index contributed by atoms with van der Waals surface area (Å²) in [5.41, 5.74) is 1.35. The first-order chi connectivity index (χ1) is 16.2. The smallest absolute Gasteiger partial charge is 0.225 e. The highest BCUT2D eigenvalue weighted by molar-refractivity contribution is 5.38. The van der Waals surface area contributed by atoms with Crippen molar-refractivity contribution in [2.24, 2.45) is 0 Å². The van der Waals surface area contributed by atoms with Gasteiger partial charge in [0.25, 0.3) is 0 Å². The van der Waals surface area contributed by atoms with Gasteiger partial charge in [-0.3, -0.25) is 4.90 Å². The molecule has 6 heteroatoms. The minimum absolute atomic E-state index is 0.589. The molecule has 0 spiro atoms. The van der Waals surface area contributed by atoms with Gasteiger partial charge >= 0.3 is 0 Å². The summed E-state index contributed by atoms with van der Waals surface area (Å²) in [6, 6.07) is 1.81. The van der Waals surface area contributed by atoms with Crippen LogP contribution in [0.15, 0.2) is 12.4 Å². The minimum Gasteiger partial charge on any atom is -0.385 e. The largest absolute Gasteiger partial charge is 0.385 e. The molecular formula is C27H47N5O. The number of methoxy groups -OCH3 is 1. The first-order valence-electron chi connectivity index (χ1n) is 13.7. The third-order valence-electron chi connectivity index (χ3n) is 8.26. The summed E-state index contributed by atoms with van der Waals surface area (Å²) in [5, 5.41) is 0. The molecule has 0 aliphatic carbocycles. The molecule has 3 aliphatic rings. The van der Waals surface area contributed by atoms with E-state index in [1.165, 1.54) is 89.4 Å². The molecule has 1 aromatic rings. The predicted octanol–water partition coefficient (Wildman–Crippen LogP) is 4.70. The molecule has 3 aliphatic heterocycles. The Morgan fingerprint density at radius 2 is 1.48 bits per heavy atom. The molecule has 186 valence electrons. The Balaban J connectivity index is 1.17. The van der Waals surface area contributed by atoms with E-state index in [4.69, 9.17) is 14.7 Å². The summed E-state index contributed by atoms with van der Waals surface area (Å²) >= 11 is 0. The van der Waals surface area contributed by atoms with Gasteiger partial charge in [0.05, 0.1) is 0 Å². The van der Waals surface area contributed by atoms with Crippen LogP contribution in [0.2, 0.25) is 0 Å². The Bertz CT molecular complexity index is 674. The van der Waals surface area contributed by atoms with Gasteiger partial charge < -0.3 is 14.5 Å². The first kappa shape index (κ1) is 24.9. The molecular weight excluding hydrogens is 410 g/mol. The lowest BCUT2D eigenvalue weighted by molar-refractivity contribution is 0.176. The van der Waals surface area contributed by atoms with Crippen molar-refractivity contribution in [3.8, 4) is 0 Å². The van der Waals surface area contributed by atoms with Crippen molar-refractivity contribution in [1.29, 1.82) is 0 Å². The first-order valence-corrected chi connectivity index (χ1v) is 13.7. The van der Waals surface area contributed by atoms with Gasteiger partial charge in [-0.2, -0.15) is 0 Å². The van der Waals surface area contributed by atoms with E-state index in [1.54, 1.807) is 7.11 Å². The molecule has 0 amide bonds. The number of ether oxygens (including phenoxy) is 1. The highest BCUT2D eigenvalue weighted by atomic mass is 16.5. The van der Waals surface area contributed by atoms with Crippen molar-refractivity contribution >= 4 is 5.95 Å². The third-order valence-corrected chi connectivity index (χ3v) is 8.26. The normalized spacial score (nSPS) is 24.8. The minimum atomic E-state index is 0.589. The molecule has 4 heterocycles. The van der Waals surface area contributed by atoms with Crippen LogP contribution < -0.4 is 4.90 Å². The van der Waals surface area contributed by atoms with E-state index in [0.717, 1.165) is 25.6 Å². The maximum atomic E-state index is 5.13. The maximum absolute atomic E-state index is 5.13. The lowest BCUT2D eigenvalue weighted by Gasteiger charge is -2.42. The number of piperidine rings is 1. The van der Waals surface area contributed by atoms with E-state index < -0.39 is 0 Å². The van der Waals surface area contributed by atoms with Gasteiger partial charge in [0.1, 0.15) is 0 Å². The van der Waals surface area contributed by atoms with Crippen LogP contribution in [0.3, 0.4) is 0 Å². The fraction of sp³-hybridized carbons (Fsp3) is 0.852. The Morgan fingerprint density at radius 3 is 2.09 bits per heavy atom. The second-order valence-electron chi connectivity index (χ2n) is 10.9. The van der Waals surface area contributed by atoms with Crippen molar-refractivity contribution in [2.45, 2.75) is 102 Å². The Kier molecular flexibility index (Phi) is 9.39. The topological polar surface area (TPSA) is 44.7 Å². The Morgan fingerprint density at radius 1 is 0.879 bits per heavy atom. The number of hydrogen-bond donors (Lipinski definition) is 0. The molecule has 33 heavy (non-hydrogen) atoms. The maximum Gasteiger partial charge on any atom is 0.225 e. The molecule has 4 rings (SSSR count). The monoisotopic (exact) mass is 457 g/mol. The zero-order chi connectivity index (χ0) is 23.0. The van der Waals surface area contributed by atoms with Crippen molar-refractivity contribution in [2.75, 3.05) is 51.3 Å². The molecule has 0 N–H and O–H groups in total. The number of fused-ring (bicyclic) bond motifs is 2. The lowest BCUT2D eigenvalue weighted by atomic mass is 9.91. The van der Waals surface area contributed by atoms with Gasteiger partial charge in [0.2, 0.25) is 5.95 Å². The predicted molar refractivity (Wildman–Crippen MR) is 136 cm³/mol. The summed E-state index contributed by atoms with van der Waals surface area (Å²) in [7, 11) is 1.80. The van der Waals surface area contributed by atoms with Crippen LogP contribution in [-0.2, 0) is 4.74 Å². The van der Waals surface area contributed by atoms with E-state index in [1.807, 2.05) is 0 Å². The fourth-order valence-corrected chi connectivity index (χ4v) is 6.14. The van der Waals surface area contributed by atoms with Crippen molar-refractivity contribution < 1.29 is 4.74 Å². The molecule has 3 fully saturated rings. The van der Waals surface area contributed by atoms with Gasteiger partial charge in [-0.15, -0.1) is 0 Å². The summed E-state index contributed by atoms with van der Waals surface area (Å²) in [5.74, 6) is 1.60. The number of unbranched alkanes of at least 4 members (excludes halogenated alkanes) is 5. The van der Waals surface area contributed by atoms with E-state index in [0.29, 0.717) is 24.0 Å². The molecule has 1 aromatic heterocycles. The molecule has 0 saturated carbocycles. The number of piperazine rings is 1. The number of likely N-dealkylation sites (tertiary alicyclic amines) is 2. The van der Waals surface area contributed by atoms with Crippen molar-refractivity contribution in [1.82, 2.24) is 19.8 Å². The second kappa shape index (κ2) is 12.5. The lowest BCUT2D eigenvalue weighted by Crippen LogP contribution is -2.56. The quantitative estimate of drug-likeness (QED) is 0.424.